The third-order valence-corrected chi connectivity index (χ3v) is 2.74. The highest BCUT2D eigenvalue weighted by molar-refractivity contribution is 5.11. The van der Waals surface area contributed by atoms with Crippen molar-refractivity contribution in [3.8, 4) is 0 Å². The zero-order chi connectivity index (χ0) is 14.4. The number of hydrogen-bond acceptors (Lipinski definition) is 4. The molecule has 20 heavy (non-hydrogen) atoms. The smallest absolute Gasteiger partial charge is 0.129 e. The fraction of sp³-hybridized carbons (Fsp3) is 0.438. The quantitative estimate of drug-likeness (QED) is 0.878. The van der Waals surface area contributed by atoms with Crippen LogP contribution in [0.4, 0.5) is 0 Å². The number of ether oxygens (including phenoxy) is 1. The summed E-state index contributed by atoms with van der Waals surface area (Å²) in [5, 5.41) is 3.43. The predicted molar refractivity (Wildman–Crippen MR) is 78.0 cm³/mol. The van der Waals surface area contributed by atoms with Crippen molar-refractivity contribution in [1.82, 2.24) is 10.3 Å². The lowest BCUT2D eigenvalue weighted by molar-refractivity contribution is 0.0905. The molecule has 0 radical (unpaired) electrons. The maximum absolute atomic E-state index is 5.59. The van der Waals surface area contributed by atoms with Gasteiger partial charge >= 0.3 is 0 Å². The van der Waals surface area contributed by atoms with Crippen LogP contribution in [-0.2, 0) is 24.5 Å². The van der Waals surface area contributed by atoms with Gasteiger partial charge in [0.25, 0.3) is 0 Å². The van der Waals surface area contributed by atoms with Gasteiger partial charge in [-0.3, -0.25) is 4.98 Å². The van der Waals surface area contributed by atoms with Crippen molar-refractivity contribution >= 4 is 0 Å². The van der Waals surface area contributed by atoms with Gasteiger partial charge in [-0.2, -0.15) is 0 Å². The molecule has 2 aromatic heterocycles. The van der Waals surface area contributed by atoms with E-state index in [1.807, 2.05) is 30.3 Å². The summed E-state index contributed by atoms with van der Waals surface area (Å²) in [4.78, 5) is 4.58. The molecule has 1 N–H and O–H groups in total. The second-order valence-electron chi connectivity index (χ2n) is 5.80. The Bertz CT molecular complexity index is 516. The van der Waals surface area contributed by atoms with Crippen LogP contribution in [0.1, 0.15) is 37.9 Å². The van der Waals surface area contributed by atoms with E-state index in [1.54, 1.807) is 6.26 Å². The van der Waals surface area contributed by atoms with E-state index in [-0.39, 0.29) is 5.54 Å². The van der Waals surface area contributed by atoms with E-state index in [1.165, 1.54) is 0 Å². The van der Waals surface area contributed by atoms with Crippen molar-refractivity contribution in [2.75, 3.05) is 0 Å². The van der Waals surface area contributed by atoms with Crippen molar-refractivity contribution in [1.29, 1.82) is 0 Å². The Kier molecular flexibility index (Phi) is 4.93. The van der Waals surface area contributed by atoms with Gasteiger partial charge in [0.2, 0.25) is 0 Å². The van der Waals surface area contributed by atoms with Crippen LogP contribution in [0.15, 0.2) is 41.0 Å². The molecule has 0 aliphatic carbocycles. The van der Waals surface area contributed by atoms with E-state index in [2.05, 4.69) is 31.1 Å². The molecule has 2 rings (SSSR count). The Balaban J connectivity index is 1.83. The number of furan rings is 1. The van der Waals surface area contributed by atoms with Gasteiger partial charge in [0, 0.05) is 12.1 Å². The SMILES string of the molecule is CC(C)(C)NCc1cccc(COCc2ccco2)n1. The minimum absolute atomic E-state index is 0.0907. The lowest BCUT2D eigenvalue weighted by Crippen LogP contribution is -2.35. The predicted octanol–water partition coefficient (Wildman–Crippen LogP) is 3.28. The molecule has 0 unspecified atom stereocenters. The molecule has 0 aliphatic heterocycles. The Morgan fingerprint density at radius 2 is 1.90 bits per heavy atom. The summed E-state index contributed by atoms with van der Waals surface area (Å²) in [6, 6.07) is 9.77. The molecule has 0 spiro atoms. The van der Waals surface area contributed by atoms with Crippen LogP contribution in [0.3, 0.4) is 0 Å². The second-order valence-corrected chi connectivity index (χ2v) is 5.80. The van der Waals surface area contributed by atoms with Gasteiger partial charge in [0.1, 0.15) is 12.4 Å². The fourth-order valence-corrected chi connectivity index (χ4v) is 1.71. The molecule has 4 nitrogen and oxygen atoms in total. The molecule has 0 bridgehead atoms. The van der Waals surface area contributed by atoms with Crippen LogP contribution in [0, 0.1) is 0 Å². The van der Waals surface area contributed by atoms with Crippen LogP contribution in [0.25, 0.3) is 0 Å². The highest BCUT2D eigenvalue weighted by atomic mass is 16.5. The van der Waals surface area contributed by atoms with E-state index in [0.717, 1.165) is 23.7 Å². The Hall–Kier alpha value is -1.65. The van der Waals surface area contributed by atoms with Gasteiger partial charge in [0.15, 0.2) is 0 Å². The Morgan fingerprint density at radius 3 is 2.60 bits per heavy atom. The first-order valence-electron chi connectivity index (χ1n) is 6.83. The van der Waals surface area contributed by atoms with Gasteiger partial charge in [-0.1, -0.05) is 6.07 Å². The minimum atomic E-state index is 0.0907. The Morgan fingerprint density at radius 1 is 1.10 bits per heavy atom. The lowest BCUT2D eigenvalue weighted by atomic mass is 10.1. The summed E-state index contributed by atoms with van der Waals surface area (Å²) in [7, 11) is 0. The first-order valence-corrected chi connectivity index (χ1v) is 6.83. The summed E-state index contributed by atoms with van der Waals surface area (Å²) in [6.45, 7) is 8.15. The molecule has 0 saturated heterocycles. The van der Waals surface area contributed by atoms with Crippen LogP contribution in [0.2, 0.25) is 0 Å². The highest BCUT2D eigenvalue weighted by Gasteiger charge is 2.09. The van der Waals surface area contributed by atoms with Crippen molar-refractivity contribution < 1.29 is 9.15 Å². The van der Waals surface area contributed by atoms with E-state index >= 15 is 0 Å². The highest BCUT2D eigenvalue weighted by Crippen LogP contribution is 2.07. The number of nitrogens with one attached hydrogen (secondary N) is 1. The van der Waals surface area contributed by atoms with Crippen LogP contribution in [0.5, 0.6) is 0 Å². The Labute approximate surface area is 120 Å². The molecule has 0 amide bonds. The lowest BCUT2D eigenvalue weighted by Gasteiger charge is -2.20. The van der Waals surface area contributed by atoms with Gasteiger partial charge in [-0.05, 0) is 45.0 Å². The molecule has 2 aromatic rings. The van der Waals surface area contributed by atoms with Crippen molar-refractivity contribution in [2.24, 2.45) is 0 Å². The first-order chi connectivity index (χ1) is 9.53. The molecular weight excluding hydrogens is 252 g/mol. The molecule has 108 valence electrons. The summed E-state index contributed by atoms with van der Waals surface area (Å²) in [5.41, 5.74) is 2.05. The molecule has 0 atom stereocenters. The molecule has 2 heterocycles. The number of aromatic nitrogens is 1. The number of hydrogen-bond donors (Lipinski definition) is 1. The fourth-order valence-electron chi connectivity index (χ4n) is 1.71. The van der Waals surface area contributed by atoms with Crippen LogP contribution in [-0.4, -0.2) is 10.5 Å². The third kappa shape index (κ3) is 5.15. The average molecular weight is 274 g/mol. The maximum atomic E-state index is 5.59. The van der Waals surface area contributed by atoms with E-state index < -0.39 is 0 Å². The van der Waals surface area contributed by atoms with Gasteiger partial charge in [0.05, 0.1) is 24.3 Å². The summed E-state index contributed by atoms with van der Waals surface area (Å²) >= 11 is 0. The summed E-state index contributed by atoms with van der Waals surface area (Å²) in [5.74, 6) is 0.829. The minimum Gasteiger partial charge on any atom is -0.467 e. The largest absolute Gasteiger partial charge is 0.467 e. The monoisotopic (exact) mass is 274 g/mol. The molecule has 0 fully saturated rings. The number of rotatable bonds is 6. The topological polar surface area (TPSA) is 47.3 Å². The molecule has 0 aromatic carbocycles. The normalized spacial score (nSPS) is 11.8. The zero-order valence-corrected chi connectivity index (χ0v) is 12.3. The van der Waals surface area contributed by atoms with Gasteiger partial charge < -0.3 is 14.5 Å². The molecule has 0 aliphatic rings. The van der Waals surface area contributed by atoms with Gasteiger partial charge in [-0.25, -0.2) is 0 Å². The maximum Gasteiger partial charge on any atom is 0.129 e. The molecule has 4 heteroatoms. The van der Waals surface area contributed by atoms with Crippen LogP contribution >= 0.6 is 0 Å². The van der Waals surface area contributed by atoms with Crippen molar-refractivity contribution in [2.45, 2.75) is 46.1 Å². The van der Waals surface area contributed by atoms with Crippen LogP contribution < -0.4 is 5.32 Å². The van der Waals surface area contributed by atoms with Gasteiger partial charge in [-0.15, -0.1) is 0 Å². The second kappa shape index (κ2) is 6.68. The first kappa shape index (κ1) is 14.8. The molecular formula is C16H22N2O2. The van der Waals surface area contributed by atoms with Crippen molar-refractivity contribution in [3.63, 3.8) is 0 Å². The van der Waals surface area contributed by atoms with E-state index in [4.69, 9.17) is 9.15 Å². The standard InChI is InChI=1S/C16H22N2O2/c1-16(2,3)17-10-13-6-4-7-14(18-13)11-19-12-15-8-5-9-20-15/h4-9,17H,10-12H2,1-3H3. The van der Waals surface area contributed by atoms with E-state index in [9.17, 15) is 0 Å². The average Bonchev–Trinajstić information content (AvgIpc) is 2.89. The third-order valence-electron chi connectivity index (χ3n) is 2.74. The number of pyridine rings is 1. The van der Waals surface area contributed by atoms with E-state index in [0.29, 0.717) is 13.2 Å². The van der Waals surface area contributed by atoms with Crippen molar-refractivity contribution in [3.05, 3.63) is 53.7 Å². The summed E-state index contributed by atoms with van der Waals surface area (Å²) < 4.78 is 10.8. The molecule has 0 saturated carbocycles. The summed E-state index contributed by atoms with van der Waals surface area (Å²) in [6.07, 6.45) is 1.65. The zero-order valence-electron chi connectivity index (χ0n) is 12.3. The number of nitrogens with zero attached hydrogens (tertiary/aromatic N) is 1.